The van der Waals surface area contributed by atoms with E-state index >= 15 is 0 Å². The summed E-state index contributed by atoms with van der Waals surface area (Å²) in [5, 5.41) is 0. The van der Waals surface area contributed by atoms with Crippen molar-refractivity contribution in [2.24, 2.45) is 0 Å². The van der Waals surface area contributed by atoms with Crippen molar-refractivity contribution in [2.75, 3.05) is 5.73 Å². The zero-order chi connectivity index (χ0) is 12.7. The number of nitrogens with two attached hydrogens (primary N) is 1. The molecule has 2 heteroatoms. The van der Waals surface area contributed by atoms with Crippen LogP contribution in [-0.4, -0.2) is 0 Å². The normalized spacial score (nSPS) is 12.6. The summed E-state index contributed by atoms with van der Waals surface area (Å²) in [6, 6.07) is 5.19. The molecular weight excluding hydrogens is 213 g/mol. The third kappa shape index (κ3) is 4.37. The quantitative estimate of drug-likeness (QED) is 0.531. The minimum atomic E-state index is -0.308. The van der Waals surface area contributed by atoms with Crippen molar-refractivity contribution >= 4 is 5.69 Å². The Morgan fingerprint density at radius 3 is 2.47 bits per heavy atom. The molecule has 2 N–H and O–H groups in total. The molecule has 1 aromatic rings. The highest BCUT2D eigenvalue weighted by Gasteiger charge is 2.11. The first-order valence-electron chi connectivity index (χ1n) is 6.74. The second kappa shape index (κ2) is 7.31. The van der Waals surface area contributed by atoms with Gasteiger partial charge in [-0.25, -0.2) is 4.39 Å². The Morgan fingerprint density at radius 2 is 1.88 bits per heavy atom. The number of hydrogen-bond donors (Lipinski definition) is 1. The van der Waals surface area contributed by atoms with Gasteiger partial charge in [-0.1, -0.05) is 45.6 Å². The third-order valence-corrected chi connectivity index (χ3v) is 3.28. The van der Waals surface area contributed by atoms with Crippen LogP contribution >= 0.6 is 0 Å². The fourth-order valence-electron chi connectivity index (χ4n) is 2.28. The van der Waals surface area contributed by atoms with Gasteiger partial charge in [-0.15, -0.1) is 0 Å². The highest BCUT2D eigenvalue weighted by atomic mass is 19.1. The van der Waals surface area contributed by atoms with Crippen LogP contribution in [0.4, 0.5) is 10.1 Å². The minimum Gasteiger partial charge on any atom is -0.396 e. The van der Waals surface area contributed by atoms with Crippen LogP contribution in [0.5, 0.6) is 0 Å². The van der Waals surface area contributed by atoms with Crippen LogP contribution in [0.25, 0.3) is 0 Å². The lowest BCUT2D eigenvalue weighted by Gasteiger charge is -2.17. The van der Waals surface area contributed by atoms with Gasteiger partial charge in [0.2, 0.25) is 0 Å². The highest BCUT2D eigenvalue weighted by molar-refractivity contribution is 5.43. The summed E-state index contributed by atoms with van der Waals surface area (Å²) in [6.07, 6.45) is 7.27. The number of halogens is 1. The molecular formula is C15H24FN. The van der Waals surface area contributed by atoms with Crippen molar-refractivity contribution in [3.8, 4) is 0 Å². The Labute approximate surface area is 104 Å². The molecule has 0 saturated carbocycles. The molecule has 1 aromatic carbocycles. The number of rotatable bonds is 7. The van der Waals surface area contributed by atoms with Gasteiger partial charge in [0.05, 0.1) is 5.69 Å². The van der Waals surface area contributed by atoms with Crippen LogP contribution in [-0.2, 0) is 0 Å². The molecule has 0 radical (unpaired) electrons. The van der Waals surface area contributed by atoms with Gasteiger partial charge in [-0.3, -0.25) is 0 Å². The molecule has 0 spiro atoms. The Morgan fingerprint density at radius 1 is 1.12 bits per heavy atom. The molecule has 0 aliphatic carbocycles. The summed E-state index contributed by atoms with van der Waals surface area (Å²) in [4.78, 5) is 0. The molecule has 0 aliphatic heterocycles. The molecule has 96 valence electrons. The lowest BCUT2D eigenvalue weighted by atomic mass is 9.89. The monoisotopic (exact) mass is 237 g/mol. The molecule has 0 aliphatic rings. The smallest absolute Gasteiger partial charge is 0.146 e. The van der Waals surface area contributed by atoms with E-state index in [1.165, 1.54) is 37.3 Å². The molecule has 1 unspecified atom stereocenters. The van der Waals surface area contributed by atoms with E-state index in [0.29, 0.717) is 5.92 Å². The van der Waals surface area contributed by atoms with Crippen LogP contribution < -0.4 is 5.73 Å². The number of benzene rings is 1. The molecule has 17 heavy (non-hydrogen) atoms. The lowest BCUT2D eigenvalue weighted by molar-refractivity contribution is 0.528. The fourth-order valence-corrected chi connectivity index (χ4v) is 2.28. The number of nitrogen functional groups attached to an aromatic ring is 1. The van der Waals surface area contributed by atoms with E-state index in [4.69, 9.17) is 5.73 Å². The number of hydrogen-bond acceptors (Lipinski definition) is 1. The predicted molar refractivity (Wildman–Crippen MR) is 72.6 cm³/mol. The summed E-state index contributed by atoms with van der Waals surface area (Å²) in [5.41, 5.74) is 7.11. The van der Waals surface area contributed by atoms with Crippen LogP contribution in [0.15, 0.2) is 18.2 Å². The van der Waals surface area contributed by atoms with Gasteiger partial charge >= 0.3 is 0 Å². The third-order valence-electron chi connectivity index (χ3n) is 3.28. The van der Waals surface area contributed by atoms with Gasteiger partial charge in [-0.05, 0) is 36.5 Å². The zero-order valence-electron chi connectivity index (χ0n) is 11.0. The maximum absolute atomic E-state index is 13.1. The summed E-state index contributed by atoms with van der Waals surface area (Å²) >= 11 is 0. The van der Waals surface area contributed by atoms with Crippen molar-refractivity contribution in [3.05, 3.63) is 29.6 Å². The van der Waals surface area contributed by atoms with E-state index in [2.05, 4.69) is 13.8 Å². The average molecular weight is 237 g/mol. The number of anilines is 1. The molecule has 1 nitrogen and oxygen atoms in total. The van der Waals surface area contributed by atoms with Gasteiger partial charge in [0.25, 0.3) is 0 Å². The molecule has 0 bridgehead atoms. The lowest BCUT2D eigenvalue weighted by Crippen LogP contribution is -2.01. The topological polar surface area (TPSA) is 26.0 Å². The maximum Gasteiger partial charge on any atom is 0.146 e. The van der Waals surface area contributed by atoms with E-state index < -0.39 is 0 Å². The van der Waals surface area contributed by atoms with Gasteiger partial charge in [0.1, 0.15) is 5.82 Å². The summed E-state index contributed by atoms with van der Waals surface area (Å²) in [6.45, 7) is 4.41. The summed E-state index contributed by atoms with van der Waals surface area (Å²) in [5.74, 6) is 0.229. The van der Waals surface area contributed by atoms with Crippen molar-refractivity contribution in [1.82, 2.24) is 0 Å². The average Bonchev–Trinajstić information content (AvgIpc) is 2.32. The first-order valence-corrected chi connectivity index (χ1v) is 6.74. The van der Waals surface area contributed by atoms with Crippen LogP contribution in [0, 0.1) is 5.82 Å². The molecule has 0 saturated heterocycles. The SMILES string of the molecule is CCCCCC(CCC)c1ccc(F)c(N)c1. The minimum absolute atomic E-state index is 0.277. The predicted octanol–water partition coefficient (Wildman–Crippen LogP) is 4.87. The second-order valence-corrected chi connectivity index (χ2v) is 4.76. The second-order valence-electron chi connectivity index (χ2n) is 4.76. The van der Waals surface area contributed by atoms with Gasteiger partial charge in [0.15, 0.2) is 0 Å². The van der Waals surface area contributed by atoms with Gasteiger partial charge in [0, 0.05) is 0 Å². The fraction of sp³-hybridized carbons (Fsp3) is 0.600. The van der Waals surface area contributed by atoms with E-state index in [1.807, 2.05) is 12.1 Å². The molecule has 1 rings (SSSR count). The Kier molecular flexibility index (Phi) is 6.03. The molecule has 0 aromatic heterocycles. The van der Waals surface area contributed by atoms with Gasteiger partial charge < -0.3 is 5.73 Å². The molecule has 0 heterocycles. The summed E-state index contributed by atoms with van der Waals surface area (Å²) in [7, 11) is 0. The molecule has 0 fully saturated rings. The van der Waals surface area contributed by atoms with Crippen molar-refractivity contribution < 1.29 is 4.39 Å². The van der Waals surface area contributed by atoms with Crippen LogP contribution in [0.2, 0.25) is 0 Å². The standard InChI is InChI=1S/C15H24FN/c1-3-5-6-8-12(7-4-2)13-9-10-14(16)15(17)11-13/h9-12H,3-8,17H2,1-2H3. The largest absolute Gasteiger partial charge is 0.396 e. The van der Waals surface area contributed by atoms with E-state index in [1.54, 1.807) is 0 Å². The zero-order valence-corrected chi connectivity index (χ0v) is 11.0. The van der Waals surface area contributed by atoms with Crippen molar-refractivity contribution in [1.29, 1.82) is 0 Å². The first-order chi connectivity index (χ1) is 8.19. The maximum atomic E-state index is 13.1. The summed E-state index contributed by atoms with van der Waals surface area (Å²) < 4.78 is 13.1. The first kappa shape index (κ1) is 14.0. The van der Waals surface area contributed by atoms with E-state index in [0.717, 1.165) is 12.8 Å². The Balaban J connectivity index is 2.70. The molecule has 1 atom stereocenters. The van der Waals surface area contributed by atoms with E-state index in [-0.39, 0.29) is 11.5 Å². The van der Waals surface area contributed by atoms with Crippen molar-refractivity contribution in [3.63, 3.8) is 0 Å². The van der Waals surface area contributed by atoms with Gasteiger partial charge in [-0.2, -0.15) is 0 Å². The van der Waals surface area contributed by atoms with E-state index in [9.17, 15) is 4.39 Å². The molecule has 0 amide bonds. The highest BCUT2D eigenvalue weighted by Crippen LogP contribution is 2.29. The Hall–Kier alpha value is -1.05. The van der Waals surface area contributed by atoms with Crippen LogP contribution in [0.3, 0.4) is 0 Å². The Bertz CT molecular complexity index is 336. The van der Waals surface area contributed by atoms with Crippen LogP contribution in [0.1, 0.15) is 63.9 Å². The number of unbranched alkanes of at least 4 members (excludes halogenated alkanes) is 2. The van der Waals surface area contributed by atoms with Crippen molar-refractivity contribution in [2.45, 2.75) is 58.3 Å².